The minimum absolute atomic E-state index is 0.216. The van der Waals surface area contributed by atoms with Crippen molar-refractivity contribution in [2.24, 2.45) is 17.6 Å². The van der Waals surface area contributed by atoms with Gasteiger partial charge in [-0.25, -0.2) is 0 Å². The third-order valence-electron chi connectivity index (χ3n) is 2.95. The molecule has 1 aliphatic carbocycles. The lowest BCUT2D eigenvalue weighted by molar-refractivity contribution is -0.138. The summed E-state index contributed by atoms with van der Waals surface area (Å²) < 4.78 is 0. The fourth-order valence-electron chi connectivity index (χ4n) is 1.91. The zero-order chi connectivity index (χ0) is 9.84. The largest absolute Gasteiger partial charge is 0.481 e. The predicted molar refractivity (Wildman–Crippen MR) is 51.4 cm³/mol. The van der Waals surface area contributed by atoms with Gasteiger partial charge in [-0.2, -0.15) is 0 Å². The second kappa shape index (κ2) is 4.61. The van der Waals surface area contributed by atoms with E-state index in [0.717, 1.165) is 6.42 Å². The molecular weight excluding hydrogens is 166 g/mol. The lowest BCUT2D eigenvalue weighted by Gasteiger charge is -2.32. The molecule has 0 heterocycles. The maximum Gasteiger partial charge on any atom is 0.303 e. The SMILES string of the molecule is CC(CC(=O)O)CC(N)C1CCC1. The normalized spacial score (nSPS) is 22.0. The van der Waals surface area contributed by atoms with Crippen LogP contribution in [0, 0.1) is 11.8 Å². The fourth-order valence-corrected chi connectivity index (χ4v) is 1.91. The van der Waals surface area contributed by atoms with Gasteiger partial charge in [0.25, 0.3) is 0 Å². The Bertz CT molecular complexity index is 178. The van der Waals surface area contributed by atoms with E-state index in [9.17, 15) is 4.79 Å². The summed E-state index contributed by atoms with van der Waals surface area (Å²) in [6, 6.07) is 0.225. The summed E-state index contributed by atoms with van der Waals surface area (Å²) in [4.78, 5) is 10.4. The van der Waals surface area contributed by atoms with Gasteiger partial charge in [0.15, 0.2) is 0 Å². The van der Waals surface area contributed by atoms with E-state index >= 15 is 0 Å². The average Bonchev–Trinajstić information content (AvgIpc) is 1.78. The van der Waals surface area contributed by atoms with Crippen LogP contribution in [0.4, 0.5) is 0 Å². The molecule has 76 valence electrons. The van der Waals surface area contributed by atoms with Crippen LogP contribution in [-0.2, 0) is 4.79 Å². The molecule has 0 saturated heterocycles. The van der Waals surface area contributed by atoms with Gasteiger partial charge in [0.05, 0.1) is 0 Å². The molecule has 0 aliphatic heterocycles. The molecule has 3 heteroatoms. The molecule has 1 saturated carbocycles. The number of hydrogen-bond acceptors (Lipinski definition) is 2. The molecule has 1 aliphatic rings. The summed E-state index contributed by atoms with van der Waals surface area (Å²) in [6.07, 6.45) is 4.88. The van der Waals surface area contributed by atoms with Crippen LogP contribution in [0.15, 0.2) is 0 Å². The highest BCUT2D eigenvalue weighted by atomic mass is 16.4. The molecule has 3 nitrogen and oxygen atoms in total. The van der Waals surface area contributed by atoms with Gasteiger partial charge < -0.3 is 10.8 Å². The smallest absolute Gasteiger partial charge is 0.303 e. The van der Waals surface area contributed by atoms with E-state index in [-0.39, 0.29) is 18.4 Å². The van der Waals surface area contributed by atoms with Crippen molar-refractivity contribution in [2.75, 3.05) is 0 Å². The summed E-state index contributed by atoms with van der Waals surface area (Å²) >= 11 is 0. The van der Waals surface area contributed by atoms with Crippen LogP contribution in [0.2, 0.25) is 0 Å². The van der Waals surface area contributed by atoms with Crippen molar-refractivity contribution in [2.45, 2.75) is 45.1 Å². The molecule has 3 N–H and O–H groups in total. The first-order valence-electron chi connectivity index (χ1n) is 5.07. The molecule has 0 radical (unpaired) electrons. The number of aliphatic carboxylic acids is 1. The van der Waals surface area contributed by atoms with E-state index in [1.807, 2.05) is 6.92 Å². The third-order valence-corrected chi connectivity index (χ3v) is 2.95. The van der Waals surface area contributed by atoms with Crippen molar-refractivity contribution < 1.29 is 9.90 Å². The Morgan fingerprint density at radius 2 is 2.23 bits per heavy atom. The second-order valence-electron chi connectivity index (χ2n) is 4.29. The molecule has 0 aromatic rings. The van der Waals surface area contributed by atoms with Gasteiger partial charge in [-0.3, -0.25) is 4.79 Å². The monoisotopic (exact) mass is 185 g/mol. The summed E-state index contributed by atoms with van der Waals surface area (Å²) in [5, 5.41) is 8.57. The molecule has 1 fully saturated rings. The number of rotatable bonds is 5. The maximum atomic E-state index is 10.4. The first-order valence-corrected chi connectivity index (χ1v) is 5.07. The van der Waals surface area contributed by atoms with Crippen LogP contribution < -0.4 is 5.73 Å². The van der Waals surface area contributed by atoms with Gasteiger partial charge in [-0.1, -0.05) is 13.3 Å². The molecule has 0 aromatic carbocycles. The summed E-state index contributed by atoms with van der Waals surface area (Å²) in [6.45, 7) is 1.96. The van der Waals surface area contributed by atoms with Crippen molar-refractivity contribution in [1.82, 2.24) is 0 Å². The molecule has 0 bridgehead atoms. The Balaban J connectivity index is 2.18. The lowest BCUT2D eigenvalue weighted by atomic mass is 9.77. The lowest BCUT2D eigenvalue weighted by Crippen LogP contribution is -2.36. The van der Waals surface area contributed by atoms with Gasteiger partial charge in [-0.05, 0) is 31.1 Å². The van der Waals surface area contributed by atoms with Crippen molar-refractivity contribution >= 4 is 5.97 Å². The average molecular weight is 185 g/mol. The number of nitrogens with two attached hydrogens (primary N) is 1. The molecule has 13 heavy (non-hydrogen) atoms. The second-order valence-corrected chi connectivity index (χ2v) is 4.29. The number of hydrogen-bond donors (Lipinski definition) is 2. The molecule has 2 atom stereocenters. The minimum Gasteiger partial charge on any atom is -0.481 e. The minimum atomic E-state index is -0.715. The van der Waals surface area contributed by atoms with E-state index < -0.39 is 5.97 Å². The van der Waals surface area contributed by atoms with Crippen molar-refractivity contribution in [3.63, 3.8) is 0 Å². The van der Waals surface area contributed by atoms with Crippen LogP contribution in [0.5, 0.6) is 0 Å². The number of carboxylic acid groups (broad SMARTS) is 1. The zero-order valence-corrected chi connectivity index (χ0v) is 8.20. The predicted octanol–water partition coefficient (Wildman–Crippen LogP) is 1.61. The standard InChI is InChI=1S/C10H19NO2/c1-7(6-10(12)13)5-9(11)8-3-2-4-8/h7-9H,2-6,11H2,1H3,(H,12,13). The highest BCUT2D eigenvalue weighted by Gasteiger charge is 2.25. The quantitative estimate of drug-likeness (QED) is 0.684. The molecule has 0 amide bonds. The van der Waals surface area contributed by atoms with E-state index in [0.29, 0.717) is 5.92 Å². The Kier molecular flexibility index (Phi) is 3.72. The Morgan fingerprint density at radius 3 is 2.62 bits per heavy atom. The van der Waals surface area contributed by atoms with Gasteiger partial charge in [0.1, 0.15) is 0 Å². The van der Waals surface area contributed by atoms with Gasteiger partial charge >= 0.3 is 5.97 Å². The van der Waals surface area contributed by atoms with E-state index in [1.54, 1.807) is 0 Å². The molecule has 0 spiro atoms. The zero-order valence-electron chi connectivity index (χ0n) is 8.20. The highest BCUT2D eigenvalue weighted by Crippen LogP contribution is 2.31. The molecule has 2 unspecified atom stereocenters. The van der Waals surface area contributed by atoms with Gasteiger partial charge in [0.2, 0.25) is 0 Å². The van der Waals surface area contributed by atoms with Gasteiger partial charge in [-0.15, -0.1) is 0 Å². The fraction of sp³-hybridized carbons (Fsp3) is 0.900. The number of carbonyl (C=O) groups is 1. The summed E-state index contributed by atoms with van der Waals surface area (Å²) in [5.41, 5.74) is 5.96. The van der Waals surface area contributed by atoms with E-state index in [1.165, 1.54) is 19.3 Å². The molecular formula is C10H19NO2. The Labute approximate surface area is 79.3 Å². The van der Waals surface area contributed by atoms with Crippen LogP contribution in [0.3, 0.4) is 0 Å². The van der Waals surface area contributed by atoms with Crippen molar-refractivity contribution in [3.05, 3.63) is 0 Å². The topological polar surface area (TPSA) is 63.3 Å². The van der Waals surface area contributed by atoms with Crippen LogP contribution in [0.1, 0.15) is 39.0 Å². The highest BCUT2D eigenvalue weighted by molar-refractivity contribution is 5.66. The molecule has 0 aromatic heterocycles. The first-order chi connectivity index (χ1) is 6.09. The van der Waals surface area contributed by atoms with Crippen LogP contribution in [0.25, 0.3) is 0 Å². The first kappa shape index (κ1) is 10.5. The molecule has 1 rings (SSSR count). The third kappa shape index (κ3) is 3.35. The number of carboxylic acids is 1. The van der Waals surface area contributed by atoms with Gasteiger partial charge in [0, 0.05) is 12.5 Å². The van der Waals surface area contributed by atoms with E-state index in [2.05, 4.69) is 0 Å². The van der Waals surface area contributed by atoms with Crippen molar-refractivity contribution in [3.8, 4) is 0 Å². The summed E-state index contributed by atoms with van der Waals surface area (Å²) in [5.74, 6) is 0.164. The van der Waals surface area contributed by atoms with Crippen molar-refractivity contribution in [1.29, 1.82) is 0 Å². The van der Waals surface area contributed by atoms with Crippen LogP contribution in [-0.4, -0.2) is 17.1 Å². The Hall–Kier alpha value is -0.570. The van der Waals surface area contributed by atoms with E-state index in [4.69, 9.17) is 10.8 Å². The summed E-state index contributed by atoms with van der Waals surface area (Å²) in [7, 11) is 0. The Morgan fingerprint density at radius 1 is 1.62 bits per heavy atom. The van der Waals surface area contributed by atoms with Crippen LogP contribution >= 0.6 is 0 Å². The maximum absolute atomic E-state index is 10.4.